The van der Waals surface area contributed by atoms with Gasteiger partial charge in [-0.3, -0.25) is 0 Å². The molecule has 0 amide bonds. The molecule has 0 radical (unpaired) electrons. The van der Waals surface area contributed by atoms with Gasteiger partial charge in [-0.2, -0.15) is 30.6 Å². The van der Waals surface area contributed by atoms with Gasteiger partial charge in [0.2, 0.25) is 0 Å². The van der Waals surface area contributed by atoms with Gasteiger partial charge in [0.1, 0.15) is 0 Å². The molecule has 4 aliphatic rings. The van der Waals surface area contributed by atoms with E-state index >= 15 is 0 Å². The summed E-state index contributed by atoms with van der Waals surface area (Å²) in [7, 11) is 0. The van der Waals surface area contributed by atoms with Crippen molar-refractivity contribution in [2.75, 3.05) is 72.0 Å². The summed E-state index contributed by atoms with van der Waals surface area (Å²) in [6.07, 6.45) is 1.32. The van der Waals surface area contributed by atoms with Crippen molar-refractivity contribution in [2.24, 2.45) is 42.3 Å². The Bertz CT molecular complexity index is 1990. The zero-order chi connectivity index (χ0) is 37.0. The molecule has 12 heteroatoms. The molecule has 0 saturated carbocycles. The smallest absolute Gasteiger partial charge is 0.0928 e. The molecule has 2 fully saturated rings. The van der Waals surface area contributed by atoms with Crippen molar-refractivity contribution in [3.8, 4) is 0 Å². The summed E-state index contributed by atoms with van der Waals surface area (Å²) in [6, 6.07) is 34.4. The molecule has 0 aromatic heterocycles. The van der Waals surface area contributed by atoms with E-state index in [9.17, 15) is 0 Å². The van der Waals surface area contributed by atoms with Gasteiger partial charge in [0.25, 0.3) is 0 Å². The van der Waals surface area contributed by atoms with E-state index in [1.54, 1.807) is 0 Å². The number of hydrazone groups is 2. The van der Waals surface area contributed by atoms with E-state index in [0.717, 1.165) is 109 Å². The Balaban J connectivity index is 0.790. The summed E-state index contributed by atoms with van der Waals surface area (Å²) >= 11 is 0. The number of hydrogen-bond donors (Lipinski definition) is 2. The highest BCUT2D eigenvalue weighted by atomic mass is 15.3. The monoisotopic (exact) mass is 718 g/mol. The molecule has 0 atom stereocenters. The number of hydrogen-bond acceptors (Lipinski definition) is 12. The second-order valence-electron chi connectivity index (χ2n) is 14.1. The number of piperazine rings is 2. The van der Waals surface area contributed by atoms with E-state index in [0.29, 0.717) is 12.8 Å². The van der Waals surface area contributed by atoms with Gasteiger partial charge in [0.05, 0.1) is 34.3 Å². The summed E-state index contributed by atoms with van der Waals surface area (Å²) in [5.74, 6) is 10.9. The second kappa shape index (κ2) is 15.4. The summed E-state index contributed by atoms with van der Waals surface area (Å²) in [5.41, 5.74) is 14.6. The van der Waals surface area contributed by atoms with Gasteiger partial charge in [-0.15, -0.1) is 0 Å². The van der Waals surface area contributed by atoms with Crippen LogP contribution in [0.5, 0.6) is 0 Å². The molecule has 0 aliphatic carbocycles. The molecular weight excluding hydrogens is 673 g/mol. The molecule has 4 aromatic carbocycles. The van der Waals surface area contributed by atoms with E-state index in [1.165, 1.54) is 22.7 Å². The van der Waals surface area contributed by atoms with Crippen molar-refractivity contribution in [3.63, 3.8) is 0 Å². The topological polar surface area (TPSA) is 139 Å². The van der Waals surface area contributed by atoms with Crippen molar-refractivity contribution in [3.05, 3.63) is 119 Å². The van der Waals surface area contributed by atoms with Crippen molar-refractivity contribution in [1.82, 2.24) is 0 Å². The summed E-state index contributed by atoms with van der Waals surface area (Å²) < 4.78 is 0. The third-order valence-electron chi connectivity index (χ3n) is 11.0. The van der Waals surface area contributed by atoms with Gasteiger partial charge in [-0.25, -0.2) is 0 Å². The molecule has 12 nitrogen and oxygen atoms in total. The van der Waals surface area contributed by atoms with E-state index < -0.39 is 0 Å². The van der Waals surface area contributed by atoms with Crippen LogP contribution in [0, 0.1) is 0 Å². The third kappa shape index (κ3) is 7.32. The number of rotatable bonds is 9. The fraction of sp³-hybridized carbons (Fsp3) is 0.286. The van der Waals surface area contributed by atoms with Crippen LogP contribution in [0.1, 0.15) is 48.9 Å². The maximum Gasteiger partial charge on any atom is 0.0928 e. The normalized spacial score (nSPS) is 18.1. The van der Waals surface area contributed by atoms with Crippen molar-refractivity contribution in [2.45, 2.75) is 26.7 Å². The maximum absolute atomic E-state index is 5.44. The number of benzene rings is 4. The zero-order valence-electron chi connectivity index (χ0n) is 30.9. The highest BCUT2D eigenvalue weighted by molar-refractivity contribution is 6.50. The van der Waals surface area contributed by atoms with Crippen LogP contribution in [0.3, 0.4) is 0 Å². The molecule has 274 valence electrons. The third-order valence-corrected chi connectivity index (χ3v) is 11.0. The number of nitrogens with zero attached hydrogens (tertiary/aromatic N) is 10. The van der Waals surface area contributed by atoms with E-state index in [1.807, 2.05) is 13.8 Å². The quantitative estimate of drug-likeness (QED) is 0.133. The van der Waals surface area contributed by atoms with Crippen LogP contribution in [0.2, 0.25) is 0 Å². The fourth-order valence-corrected chi connectivity index (χ4v) is 7.49. The lowest BCUT2D eigenvalue weighted by molar-refractivity contribution is 0.653. The minimum absolute atomic E-state index is 0.658. The van der Waals surface area contributed by atoms with Gasteiger partial charge in [-0.05, 0) is 84.6 Å². The summed E-state index contributed by atoms with van der Waals surface area (Å²) in [5, 5.41) is 25.8. The fourth-order valence-electron chi connectivity index (χ4n) is 7.49. The van der Waals surface area contributed by atoms with Crippen LogP contribution in [0.15, 0.2) is 128 Å². The predicted octanol–water partition coefficient (Wildman–Crippen LogP) is 5.50. The minimum Gasteiger partial charge on any atom is -0.368 e. The van der Waals surface area contributed by atoms with Crippen LogP contribution < -0.4 is 31.3 Å². The average molecular weight is 719 g/mol. The van der Waals surface area contributed by atoms with E-state index in [4.69, 9.17) is 11.7 Å². The Morgan fingerprint density at radius 3 is 0.944 bits per heavy atom. The Labute approximate surface area is 316 Å². The van der Waals surface area contributed by atoms with Crippen LogP contribution in [-0.4, -0.2) is 86.6 Å². The molecule has 4 aliphatic heterocycles. The first-order chi connectivity index (χ1) is 26.4. The zero-order valence-corrected chi connectivity index (χ0v) is 30.9. The average Bonchev–Trinajstić information content (AvgIpc) is 3.95. The molecule has 54 heavy (non-hydrogen) atoms. The number of anilines is 4. The van der Waals surface area contributed by atoms with Crippen LogP contribution in [0.25, 0.3) is 0 Å². The molecule has 4 heterocycles. The maximum atomic E-state index is 5.44. The molecule has 0 unspecified atom stereocenters. The highest BCUT2D eigenvalue weighted by Crippen LogP contribution is 2.26. The Kier molecular flexibility index (Phi) is 9.89. The van der Waals surface area contributed by atoms with Gasteiger partial charge in [0, 0.05) is 87.9 Å². The lowest BCUT2D eigenvalue weighted by Crippen LogP contribution is -2.46. The first-order valence-corrected chi connectivity index (χ1v) is 18.6. The van der Waals surface area contributed by atoms with Crippen molar-refractivity contribution >= 4 is 57.0 Å². The molecular formula is C42H46N12. The first-order valence-electron chi connectivity index (χ1n) is 18.6. The van der Waals surface area contributed by atoms with Crippen molar-refractivity contribution < 1.29 is 0 Å². The standard InChI is InChI=1S/C42H46N12/c1-29(45-43)31-3-11-35(12-4-31)51-19-23-53(24-20-51)37-15-7-33(8-16-37)39-27-41(49-47-39)42-28-40(48-50-42)34-9-17-38(18-10-34)54-25-21-52(22-26-54)36-13-5-32(6-14-36)30(2)46-44/h3-18H,19-28,43-44H2,1-2H3/b45-29-,46-30-. The Morgan fingerprint density at radius 2 is 0.667 bits per heavy atom. The van der Waals surface area contributed by atoms with Gasteiger partial charge in [-0.1, -0.05) is 48.5 Å². The van der Waals surface area contributed by atoms with E-state index in [2.05, 4.69) is 147 Å². The molecule has 4 aromatic rings. The Hall–Kier alpha value is -6.30. The van der Waals surface area contributed by atoms with Crippen LogP contribution in [0.4, 0.5) is 22.7 Å². The largest absolute Gasteiger partial charge is 0.368 e. The second-order valence-corrected chi connectivity index (χ2v) is 14.1. The molecule has 8 rings (SSSR count). The summed E-state index contributed by atoms with van der Waals surface area (Å²) in [4.78, 5) is 9.75. The van der Waals surface area contributed by atoms with Crippen LogP contribution in [-0.2, 0) is 0 Å². The van der Waals surface area contributed by atoms with E-state index in [-0.39, 0.29) is 0 Å². The first kappa shape index (κ1) is 34.8. The van der Waals surface area contributed by atoms with Crippen LogP contribution >= 0.6 is 0 Å². The Morgan fingerprint density at radius 1 is 0.407 bits per heavy atom. The highest BCUT2D eigenvalue weighted by Gasteiger charge is 2.25. The molecule has 4 N–H and O–H groups in total. The molecule has 0 spiro atoms. The molecule has 0 bridgehead atoms. The van der Waals surface area contributed by atoms with Gasteiger partial charge < -0.3 is 31.3 Å². The summed E-state index contributed by atoms with van der Waals surface area (Å²) in [6.45, 7) is 11.6. The minimum atomic E-state index is 0.658. The van der Waals surface area contributed by atoms with Crippen molar-refractivity contribution in [1.29, 1.82) is 0 Å². The van der Waals surface area contributed by atoms with Gasteiger partial charge in [0.15, 0.2) is 0 Å². The molecule has 2 saturated heterocycles. The lowest BCUT2D eigenvalue weighted by atomic mass is 9.98. The number of nitrogens with two attached hydrogens (primary N) is 2. The van der Waals surface area contributed by atoms with Gasteiger partial charge >= 0.3 is 0 Å². The lowest BCUT2D eigenvalue weighted by Gasteiger charge is -2.37. The predicted molar refractivity (Wildman–Crippen MR) is 225 cm³/mol. The SMILES string of the molecule is C/C(=N/N)c1ccc(N2CCN(c3ccc(C4=NN=C(C5=NN=C(c6ccc(N7CCN(c8ccc(/C(C)=N\N)cc8)CC7)cc6)C5)C4)cc3)CC2)cc1.